The third-order valence-electron chi connectivity index (χ3n) is 1.39. The predicted octanol–water partition coefficient (Wildman–Crippen LogP) is 1.48. The molecule has 0 saturated carbocycles. The van der Waals surface area contributed by atoms with Crippen LogP contribution in [0.5, 0.6) is 5.88 Å². The van der Waals surface area contributed by atoms with Gasteiger partial charge in [0, 0.05) is 4.90 Å². The minimum Gasteiger partial charge on any atom is -0.494 e. The smallest absolute Gasteiger partial charge is 0.208 e. The number of nitriles is 2. The molecule has 4 nitrogen and oxygen atoms in total. The van der Waals surface area contributed by atoms with E-state index in [1.54, 1.807) is 12.1 Å². The van der Waals surface area contributed by atoms with Crippen LogP contribution in [0.2, 0.25) is 0 Å². The number of H-pyrrole nitrogens is 1. The molecule has 1 aromatic rings. The Balaban J connectivity index is 3.74. The molecule has 0 aliphatic carbocycles. The van der Waals surface area contributed by atoms with Gasteiger partial charge in [-0.1, -0.05) is 12.2 Å². The molecule has 0 aromatic carbocycles. The first kappa shape index (κ1) is 9.59. The first-order chi connectivity index (χ1) is 6.11. The summed E-state index contributed by atoms with van der Waals surface area (Å²) in [6, 6.07) is 3.50. The van der Waals surface area contributed by atoms with Crippen molar-refractivity contribution >= 4 is 24.8 Å². The van der Waals surface area contributed by atoms with Crippen LogP contribution in [0.15, 0.2) is 4.90 Å². The van der Waals surface area contributed by atoms with Crippen molar-refractivity contribution in [3.05, 3.63) is 15.8 Å². The van der Waals surface area contributed by atoms with Crippen LogP contribution in [0.25, 0.3) is 0 Å². The second-order valence-electron chi connectivity index (χ2n) is 2.12. The van der Waals surface area contributed by atoms with Gasteiger partial charge in [0.25, 0.3) is 0 Å². The molecule has 0 saturated heterocycles. The predicted molar refractivity (Wildman–Crippen MR) is 50.0 cm³/mol. The second kappa shape index (κ2) is 3.48. The van der Waals surface area contributed by atoms with E-state index >= 15 is 0 Å². The summed E-state index contributed by atoms with van der Waals surface area (Å²) >= 11 is 8.66. The Morgan fingerprint density at radius 2 is 1.85 bits per heavy atom. The fourth-order valence-corrected chi connectivity index (χ4v) is 1.42. The van der Waals surface area contributed by atoms with E-state index in [0.717, 1.165) is 0 Å². The largest absolute Gasteiger partial charge is 0.494 e. The molecule has 0 spiro atoms. The number of hydrogen-bond acceptors (Lipinski definition) is 5. The average Bonchev–Trinajstić information content (AvgIpc) is 2.04. The lowest BCUT2D eigenvalue weighted by molar-refractivity contribution is 0.449. The molecule has 0 aliphatic rings. The van der Waals surface area contributed by atoms with Gasteiger partial charge in [-0.05, 0) is 0 Å². The van der Waals surface area contributed by atoms with E-state index in [0.29, 0.717) is 0 Å². The number of thiol groups is 1. The number of aromatic nitrogens is 1. The summed E-state index contributed by atoms with van der Waals surface area (Å²) in [4.78, 5) is 2.43. The Hall–Kier alpha value is -1.50. The molecule has 0 fully saturated rings. The Morgan fingerprint density at radius 1 is 1.31 bits per heavy atom. The van der Waals surface area contributed by atoms with Crippen LogP contribution in [0.1, 0.15) is 11.1 Å². The number of nitrogens with one attached hydrogen (secondary N) is 1. The van der Waals surface area contributed by atoms with Gasteiger partial charge in [0.2, 0.25) is 5.88 Å². The van der Waals surface area contributed by atoms with E-state index in [1.807, 2.05) is 0 Å². The van der Waals surface area contributed by atoms with Crippen LogP contribution >= 0.6 is 24.8 Å². The Kier molecular flexibility index (Phi) is 2.57. The van der Waals surface area contributed by atoms with Gasteiger partial charge in [0.15, 0.2) is 0 Å². The minimum absolute atomic E-state index is 0.0731. The fourth-order valence-electron chi connectivity index (χ4n) is 0.787. The van der Waals surface area contributed by atoms with Gasteiger partial charge >= 0.3 is 0 Å². The summed E-state index contributed by atoms with van der Waals surface area (Å²) in [5.74, 6) is -0.364. The molecule has 0 amide bonds. The fraction of sp³-hybridized carbons (Fsp3) is 0. The number of pyridine rings is 1. The first-order valence-electron chi connectivity index (χ1n) is 3.10. The zero-order valence-corrected chi connectivity index (χ0v) is 7.91. The van der Waals surface area contributed by atoms with Gasteiger partial charge in [-0.2, -0.15) is 10.5 Å². The molecule has 0 atom stereocenters. The van der Waals surface area contributed by atoms with Crippen molar-refractivity contribution < 1.29 is 5.11 Å². The number of aromatic hydroxyl groups is 1. The molecule has 64 valence electrons. The number of hydrogen-bond donors (Lipinski definition) is 3. The normalized spacial score (nSPS) is 8.85. The van der Waals surface area contributed by atoms with Crippen molar-refractivity contribution in [3.8, 4) is 18.0 Å². The Labute approximate surface area is 84.5 Å². The first-order valence-corrected chi connectivity index (χ1v) is 3.95. The molecular formula is C7H3N3OS2. The standard InChI is InChI=1S/C7H3N3OS2/c8-1-3-5(12)4(2-9)7(13)10-6(3)11/h(H3,10,11,12,13). The molecule has 6 heteroatoms. The molecule has 1 aromatic heterocycles. The molecule has 0 unspecified atom stereocenters. The van der Waals surface area contributed by atoms with Crippen molar-refractivity contribution in [2.24, 2.45) is 0 Å². The Morgan fingerprint density at radius 3 is 2.31 bits per heavy atom. The molecule has 0 aliphatic heterocycles. The molecule has 1 heterocycles. The maximum absolute atomic E-state index is 9.19. The number of rotatable bonds is 0. The number of aromatic amines is 1. The quantitative estimate of drug-likeness (QED) is 0.446. The van der Waals surface area contributed by atoms with E-state index in [-0.39, 0.29) is 26.5 Å². The van der Waals surface area contributed by atoms with Crippen molar-refractivity contribution in [2.45, 2.75) is 4.90 Å². The highest BCUT2D eigenvalue weighted by Crippen LogP contribution is 2.24. The highest BCUT2D eigenvalue weighted by atomic mass is 32.1. The zero-order valence-electron chi connectivity index (χ0n) is 6.20. The lowest BCUT2D eigenvalue weighted by Gasteiger charge is -2.01. The van der Waals surface area contributed by atoms with Gasteiger partial charge in [-0.15, -0.1) is 12.6 Å². The summed E-state index contributed by atoms with van der Waals surface area (Å²) in [6.07, 6.45) is 0. The van der Waals surface area contributed by atoms with Gasteiger partial charge in [0.1, 0.15) is 27.9 Å². The second-order valence-corrected chi connectivity index (χ2v) is 2.98. The van der Waals surface area contributed by atoms with Crippen molar-refractivity contribution in [2.75, 3.05) is 0 Å². The average molecular weight is 209 g/mol. The maximum atomic E-state index is 9.19. The van der Waals surface area contributed by atoms with E-state index in [2.05, 4.69) is 17.6 Å². The van der Waals surface area contributed by atoms with E-state index < -0.39 is 0 Å². The van der Waals surface area contributed by atoms with Crippen LogP contribution in [-0.4, -0.2) is 10.1 Å². The minimum atomic E-state index is -0.364. The van der Waals surface area contributed by atoms with E-state index in [4.69, 9.17) is 22.7 Å². The molecule has 2 N–H and O–H groups in total. The summed E-state index contributed by atoms with van der Waals surface area (Å²) in [6.45, 7) is 0. The zero-order chi connectivity index (χ0) is 10.0. The van der Waals surface area contributed by atoms with Crippen LogP contribution in [0.3, 0.4) is 0 Å². The SMILES string of the molecule is N#Cc1c(O)[nH]c(=S)c(C#N)c1S. The molecule has 1 rings (SSSR count). The third-order valence-corrected chi connectivity index (χ3v) is 2.15. The number of nitrogens with zero attached hydrogens (tertiary/aromatic N) is 2. The highest BCUT2D eigenvalue weighted by Gasteiger charge is 2.11. The van der Waals surface area contributed by atoms with Gasteiger partial charge < -0.3 is 10.1 Å². The third kappa shape index (κ3) is 1.50. The summed E-state index contributed by atoms with van der Waals surface area (Å²) < 4.78 is 0.0731. The van der Waals surface area contributed by atoms with Gasteiger partial charge in [-0.25, -0.2) is 0 Å². The highest BCUT2D eigenvalue weighted by molar-refractivity contribution is 7.80. The van der Waals surface area contributed by atoms with Crippen LogP contribution in [-0.2, 0) is 0 Å². The van der Waals surface area contributed by atoms with E-state index in [9.17, 15) is 5.11 Å². The molecule has 13 heavy (non-hydrogen) atoms. The van der Waals surface area contributed by atoms with Crippen molar-refractivity contribution in [3.63, 3.8) is 0 Å². The monoisotopic (exact) mass is 209 g/mol. The maximum Gasteiger partial charge on any atom is 0.208 e. The van der Waals surface area contributed by atoms with Crippen LogP contribution in [0.4, 0.5) is 0 Å². The van der Waals surface area contributed by atoms with Crippen molar-refractivity contribution in [1.82, 2.24) is 4.98 Å². The molecule has 0 radical (unpaired) electrons. The Bertz CT molecular complexity index is 492. The van der Waals surface area contributed by atoms with Crippen LogP contribution in [0, 0.1) is 27.3 Å². The summed E-state index contributed by atoms with van der Waals surface area (Å²) in [7, 11) is 0. The van der Waals surface area contributed by atoms with E-state index in [1.165, 1.54) is 0 Å². The summed E-state index contributed by atoms with van der Waals surface area (Å²) in [5, 5.41) is 26.4. The lowest BCUT2D eigenvalue weighted by atomic mass is 10.2. The summed E-state index contributed by atoms with van der Waals surface area (Å²) in [5.41, 5.74) is 0.0150. The molecule has 0 bridgehead atoms. The van der Waals surface area contributed by atoms with Crippen molar-refractivity contribution in [1.29, 1.82) is 10.5 Å². The topological polar surface area (TPSA) is 83.6 Å². The van der Waals surface area contributed by atoms with Crippen LogP contribution < -0.4 is 0 Å². The molecular weight excluding hydrogens is 206 g/mol. The van der Waals surface area contributed by atoms with Gasteiger partial charge in [0.05, 0.1) is 0 Å². The lowest BCUT2D eigenvalue weighted by Crippen LogP contribution is -1.91. The van der Waals surface area contributed by atoms with Gasteiger partial charge in [-0.3, -0.25) is 0 Å².